The molecule has 5 heteroatoms. The van der Waals surface area contributed by atoms with Crippen molar-refractivity contribution in [3.05, 3.63) is 29.8 Å². The Kier molecular flexibility index (Phi) is 5.60. The second-order valence-corrected chi connectivity index (χ2v) is 5.27. The van der Waals surface area contributed by atoms with E-state index in [1.165, 1.54) is 63.2 Å². The zero-order chi connectivity index (χ0) is 15.1. The van der Waals surface area contributed by atoms with E-state index in [0.717, 1.165) is 6.54 Å². The first kappa shape index (κ1) is 15.4. The monoisotopic (exact) mass is 290 g/mol. The van der Waals surface area contributed by atoms with Crippen molar-refractivity contribution in [1.29, 1.82) is 0 Å². The maximum atomic E-state index is 10.3. The number of carboxylic acid groups (broad SMARTS) is 1. The van der Waals surface area contributed by atoms with Crippen LogP contribution in [-0.4, -0.2) is 46.6 Å². The number of amidine groups is 1. The molecule has 21 heavy (non-hydrogen) atoms. The third kappa shape index (κ3) is 4.48. The van der Waals surface area contributed by atoms with Crippen LogP contribution in [0.2, 0.25) is 0 Å². The quantitative estimate of drug-likeness (QED) is 0.834. The summed E-state index contributed by atoms with van der Waals surface area (Å²) in [6.07, 6.45) is 6.63. The predicted molar refractivity (Wildman–Crippen MR) is 82.0 cm³/mol. The van der Waals surface area contributed by atoms with Crippen molar-refractivity contribution in [1.82, 2.24) is 4.90 Å². The molecule has 3 rings (SSSR count). The van der Waals surface area contributed by atoms with E-state index in [1.54, 1.807) is 12.1 Å². The largest absolute Gasteiger partial charge is 0.507 e. The van der Waals surface area contributed by atoms with Crippen molar-refractivity contribution in [2.24, 2.45) is 4.99 Å². The summed E-state index contributed by atoms with van der Waals surface area (Å²) in [4.78, 5) is 17.3. The number of aliphatic imine (C=N–C) groups is 1. The van der Waals surface area contributed by atoms with Gasteiger partial charge in [0.15, 0.2) is 0 Å². The summed E-state index contributed by atoms with van der Waals surface area (Å²) < 4.78 is 0. The molecule has 1 aromatic rings. The van der Waals surface area contributed by atoms with Gasteiger partial charge in [0, 0.05) is 26.1 Å². The molecule has 1 saturated heterocycles. The van der Waals surface area contributed by atoms with Crippen molar-refractivity contribution in [2.45, 2.75) is 32.1 Å². The second kappa shape index (κ2) is 7.67. The lowest BCUT2D eigenvalue weighted by atomic mass is 10.2. The third-order valence-corrected chi connectivity index (χ3v) is 3.71. The van der Waals surface area contributed by atoms with E-state index in [0.29, 0.717) is 0 Å². The lowest BCUT2D eigenvalue weighted by molar-refractivity contribution is 0.0693. The Morgan fingerprint density at radius 3 is 2.57 bits per heavy atom. The van der Waals surface area contributed by atoms with Crippen LogP contribution >= 0.6 is 0 Å². The first-order chi connectivity index (χ1) is 10.2. The lowest BCUT2D eigenvalue weighted by Gasteiger charge is -2.27. The van der Waals surface area contributed by atoms with Gasteiger partial charge in [-0.25, -0.2) is 4.79 Å². The van der Waals surface area contributed by atoms with Gasteiger partial charge >= 0.3 is 5.97 Å². The minimum Gasteiger partial charge on any atom is -0.507 e. The van der Waals surface area contributed by atoms with Gasteiger partial charge in [-0.3, -0.25) is 4.99 Å². The molecule has 0 bridgehead atoms. The molecule has 2 heterocycles. The Morgan fingerprint density at radius 1 is 1.10 bits per heavy atom. The zero-order valence-corrected chi connectivity index (χ0v) is 12.2. The molecule has 0 spiro atoms. The van der Waals surface area contributed by atoms with E-state index >= 15 is 0 Å². The molecule has 2 N–H and O–H groups in total. The molecule has 2 aliphatic rings. The Morgan fingerprint density at radius 2 is 1.86 bits per heavy atom. The number of carboxylic acids is 1. The van der Waals surface area contributed by atoms with Gasteiger partial charge in [-0.05, 0) is 31.4 Å². The van der Waals surface area contributed by atoms with Crippen molar-refractivity contribution < 1.29 is 15.0 Å². The molecule has 5 nitrogen and oxygen atoms in total. The van der Waals surface area contributed by atoms with E-state index in [9.17, 15) is 4.79 Å². The molecule has 0 saturated carbocycles. The van der Waals surface area contributed by atoms with Crippen LogP contribution in [0.25, 0.3) is 0 Å². The fourth-order valence-electron chi connectivity index (χ4n) is 2.59. The average Bonchev–Trinajstić information content (AvgIpc) is 2.73. The van der Waals surface area contributed by atoms with Crippen molar-refractivity contribution in [3.63, 3.8) is 0 Å². The maximum Gasteiger partial charge on any atom is 0.339 e. The number of benzene rings is 1. The van der Waals surface area contributed by atoms with E-state index in [4.69, 9.17) is 10.2 Å². The Balaban J connectivity index is 0.000000155. The van der Waals surface area contributed by atoms with E-state index in [2.05, 4.69) is 9.89 Å². The first-order valence-electron chi connectivity index (χ1n) is 7.48. The number of rotatable bonds is 1. The number of aromatic carboxylic acids is 1. The van der Waals surface area contributed by atoms with Crippen LogP contribution in [0.15, 0.2) is 29.3 Å². The SMILES string of the molecule is C1CCC2=NCCCN2CC1.O=C(O)c1ccccc1O. The number of hydrogen-bond donors (Lipinski definition) is 2. The maximum absolute atomic E-state index is 10.3. The summed E-state index contributed by atoms with van der Waals surface area (Å²) in [5.41, 5.74) is -0.0671. The number of hydrogen-bond acceptors (Lipinski definition) is 4. The van der Waals surface area contributed by atoms with Gasteiger partial charge in [-0.15, -0.1) is 0 Å². The van der Waals surface area contributed by atoms with Crippen LogP contribution in [0, 0.1) is 0 Å². The fraction of sp³-hybridized carbons (Fsp3) is 0.500. The molecular formula is C16H22N2O3. The summed E-state index contributed by atoms with van der Waals surface area (Å²) in [6.45, 7) is 3.60. The summed E-state index contributed by atoms with van der Waals surface area (Å²) in [6, 6.07) is 5.81. The first-order valence-corrected chi connectivity index (χ1v) is 7.48. The Bertz CT molecular complexity index is 514. The third-order valence-electron chi connectivity index (χ3n) is 3.71. The highest BCUT2D eigenvalue weighted by molar-refractivity contribution is 5.90. The van der Waals surface area contributed by atoms with Crippen molar-refractivity contribution in [3.8, 4) is 5.75 Å². The van der Waals surface area contributed by atoms with E-state index in [-0.39, 0.29) is 11.3 Å². The van der Waals surface area contributed by atoms with Gasteiger partial charge in [0.05, 0.1) is 5.84 Å². The van der Waals surface area contributed by atoms with Crippen LogP contribution in [0.3, 0.4) is 0 Å². The molecule has 114 valence electrons. The van der Waals surface area contributed by atoms with E-state index in [1.807, 2.05) is 0 Å². The summed E-state index contributed by atoms with van der Waals surface area (Å²) >= 11 is 0. The highest BCUT2D eigenvalue weighted by atomic mass is 16.4. The van der Waals surface area contributed by atoms with Gasteiger partial charge in [-0.1, -0.05) is 18.6 Å². The second-order valence-electron chi connectivity index (χ2n) is 5.27. The molecule has 1 fully saturated rings. The smallest absolute Gasteiger partial charge is 0.339 e. The van der Waals surface area contributed by atoms with Gasteiger partial charge in [-0.2, -0.15) is 0 Å². The zero-order valence-electron chi connectivity index (χ0n) is 12.2. The number of aromatic hydroxyl groups is 1. The van der Waals surface area contributed by atoms with Crippen molar-refractivity contribution in [2.75, 3.05) is 19.6 Å². The normalized spacial score (nSPS) is 17.7. The highest BCUT2D eigenvalue weighted by Gasteiger charge is 2.16. The Hall–Kier alpha value is -2.04. The van der Waals surface area contributed by atoms with Gasteiger partial charge in [0.2, 0.25) is 0 Å². The molecule has 0 amide bonds. The number of fused-ring (bicyclic) bond motifs is 1. The molecule has 2 aliphatic heterocycles. The lowest BCUT2D eigenvalue weighted by Crippen LogP contribution is -2.34. The molecule has 0 atom stereocenters. The molecular weight excluding hydrogens is 268 g/mol. The van der Waals surface area contributed by atoms with Crippen LogP contribution in [-0.2, 0) is 0 Å². The number of para-hydroxylation sites is 1. The van der Waals surface area contributed by atoms with Crippen molar-refractivity contribution >= 4 is 11.8 Å². The minimum atomic E-state index is -1.11. The number of nitrogens with zero attached hydrogens (tertiary/aromatic N) is 2. The van der Waals surface area contributed by atoms with Crippen LogP contribution in [0.4, 0.5) is 0 Å². The van der Waals surface area contributed by atoms with Gasteiger partial charge in [0.25, 0.3) is 0 Å². The summed E-state index contributed by atoms with van der Waals surface area (Å²) in [5.74, 6) is 0.0850. The van der Waals surface area contributed by atoms with Gasteiger partial charge < -0.3 is 15.1 Å². The van der Waals surface area contributed by atoms with E-state index < -0.39 is 5.97 Å². The molecule has 1 aromatic carbocycles. The van der Waals surface area contributed by atoms with Gasteiger partial charge in [0.1, 0.15) is 11.3 Å². The predicted octanol–water partition coefficient (Wildman–Crippen LogP) is 2.76. The summed E-state index contributed by atoms with van der Waals surface area (Å²) in [5, 5.41) is 17.3. The van der Waals surface area contributed by atoms with Crippen LogP contribution in [0.5, 0.6) is 5.75 Å². The minimum absolute atomic E-state index is 0.0671. The van der Waals surface area contributed by atoms with Crippen LogP contribution < -0.4 is 0 Å². The average molecular weight is 290 g/mol. The standard InChI is InChI=1S/C9H16N2.C7H6O3/c1-2-5-9-10-6-4-8-11(9)7-3-1;8-6-4-2-1-3-5(6)7(9)10/h1-8H2;1-4,8H,(H,9,10). The number of carbonyl (C=O) groups is 1. The fourth-order valence-corrected chi connectivity index (χ4v) is 2.59. The van der Waals surface area contributed by atoms with Crippen LogP contribution in [0.1, 0.15) is 42.5 Å². The Labute approximate surface area is 124 Å². The molecule has 0 aliphatic carbocycles. The highest BCUT2D eigenvalue weighted by Crippen LogP contribution is 2.15. The molecule has 0 radical (unpaired) electrons. The number of phenols is 1. The topological polar surface area (TPSA) is 73.1 Å². The summed E-state index contributed by atoms with van der Waals surface area (Å²) in [7, 11) is 0. The molecule has 0 unspecified atom stereocenters. The molecule has 0 aromatic heterocycles.